The van der Waals surface area contributed by atoms with E-state index in [1.807, 2.05) is 23.0 Å². The van der Waals surface area contributed by atoms with E-state index >= 15 is 0 Å². The van der Waals surface area contributed by atoms with Gasteiger partial charge < -0.3 is 25.8 Å². The number of ether oxygens (including phenoxy) is 2. The van der Waals surface area contributed by atoms with Gasteiger partial charge in [-0.3, -0.25) is 14.3 Å². The molecule has 11 nitrogen and oxygen atoms in total. The molecule has 3 fully saturated rings. The van der Waals surface area contributed by atoms with Gasteiger partial charge in [0.15, 0.2) is 5.79 Å². The Morgan fingerprint density at radius 1 is 1.16 bits per heavy atom. The molecule has 6 rings (SSSR count). The van der Waals surface area contributed by atoms with E-state index in [1.165, 1.54) is 6.20 Å². The van der Waals surface area contributed by atoms with Gasteiger partial charge in [-0.05, 0) is 31.7 Å². The highest BCUT2D eigenvalue weighted by molar-refractivity contribution is 6.01. The van der Waals surface area contributed by atoms with Crippen LogP contribution in [-0.4, -0.2) is 45.6 Å². The summed E-state index contributed by atoms with van der Waals surface area (Å²) in [5, 5.41) is 20.7. The van der Waals surface area contributed by atoms with Gasteiger partial charge in [-0.15, -0.1) is 0 Å². The summed E-state index contributed by atoms with van der Waals surface area (Å²) in [5.41, 5.74) is 8.36. The molecule has 1 aromatic carbocycles. The van der Waals surface area contributed by atoms with E-state index < -0.39 is 11.7 Å². The number of pyridine rings is 1. The van der Waals surface area contributed by atoms with Crippen LogP contribution in [0.15, 0.2) is 42.9 Å². The second-order valence-electron chi connectivity index (χ2n) is 9.83. The number of rotatable bonds is 7. The number of nitriles is 1. The number of nitrogens with one attached hydrogen (secondary N) is 2. The number of anilines is 3. The zero-order valence-corrected chi connectivity index (χ0v) is 20.6. The lowest BCUT2D eigenvalue weighted by atomic mass is 10.0. The monoisotopic (exact) mass is 513 g/mol. The van der Waals surface area contributed by atoms with Crippen molar-refractivity contribution in [1.29, 1.82) is 5.26 Å². The molecular formula is C27H27N7O4. The first-order chi connectivity index (χ1) is 18.5. The van der Waals surface area contributed by atoms with E-state index in [1.54, 1.807) is 18.3 Å². The van der Waals surface area contributed by atoms with Crippen LogP contribution in [0.4, 0.5) is 17.2 Å². The molecular weight excluding hydrogens is 486 g/mol. The van der Waals surface area contributed by atoms with Crippen molar-refractivity contribution in [3.63, 3.8) is 0 Å². The Kier molecular flexibility index (Phi) is 6.06. The molecule has 0 radical (unpaired) electrons. The lowest BCUT2D eigenvalue weighted by molar-refractivity contribution is -0.177. The molecule has 11 heteroatoms. The SMILES string of the molecule is N#Cc1c(Nc2cc(NC(=O)C3CC3)ncc2C(N)=O)cccc1-c1cnn([C@@H]2CCCC23OCCO3)c1. The minimum absolute atomic E-state index is 0.00211. The maximum Gasteiger partial charge on any atom is 0.252 e. The van der Waals surface area contributed by atoms with E-state index in [-0.39, 0.29) is 23.4 Å². The molecule has 194 valence electrons. The lowest BCUT2D eigenvalue weighted by Crippen LogP contribution is -2.36. The minimum Gasteiger partial charge on any atom is -0.365 e. The average Bonchev–Trinajstić information content (AvgIpc) is 3.28. The fourth-order valence-electron chi connectivity index (χ4n) is 5.28. The summed E-state index contributed by atoms with van der Waals surface area (Å²) in [6.07, 6.45) is 9.37. The standard InChI is InChI=1S/C27H27N7O4/c28-12-19-18(17-13-31-34(15-17)23-5-2-8-27(23)37-9-10-38-27)3-1-4-21(19)32-22-11-24(30-14-20(22)25(29)35)33-26(36)16-6-7-16/h1,3-4,11,13-16,23H,2,5-10H2,(H2,29,35)(H2,30,32,33,36)/t23-/m1/s1. The Balaban J connectivity index is 1.31. The molecule has 2 aromatic heterocycles. The highest BCUT2D eigenvalue weighted by Gasteiger charge is 2.49. The van der Waals surface area contributed by atoms with Gasteiger partial charge in [0.25, 0.3) is 5.91 Å². The van der Waals surface area contributed by atoms with E-state index in [0.717, 1.165) is 37.7 Å². The van der Waals surface area contributed by atoms with Crippen molar-refractivity contribution in [3.05, 3.63) is 54.0 Å². The van der Waals surface area contributed by atoms with E-state index in [4.69, 9.17) is 15.2 Å². The number of carbonyl (C=O) groups excluding carboxylic acids is 2. The molecule has 3 aromatic rings. The van der Waals surface area contributed by atoms with Crippen molar-refractivity contribution in [2.45, 2.75) is 43.9 Å². The number of benzene rings is 1. The summed E-state index contributed by atoms with van der Waals surface area (Å²) in [4.78, 5) is 28.5. The van der Waals surface area contributed by atoms with E-state index in [9.17, 15) is 14.9 Å². The van der Waals surface area contributed by atoms with Crippen LogP contribution >= 0.6 is 0 Å². The van der Waals surface area contributed by atoms with Crippen molar-refractivity contribution in [2.24, 2.45) is 11.7 Å². The Morgan fingerprint density at radius 3 is 2.71 bits per heavy atom. The first-order valence-electron chi connectivity index (χ1n) is 12.7. The molecule has 2 saturated carbocycles. The Labute approximate surface area is 218 Å². The summed E-state index contributed by atoms with van der Waals surface area (Å²) < 4.78 is 13.8. The number of carbonyl (C=O) groups is 2. The number of aromatic nitrogens is 3. The molecule has 0 unspecified atom stereocenters. The van der Waals surface area contributed by atoms with E-state index in [2.05, 4.69) is 26.8 Å². The first-order valence-corrected chi connectivity index (χ1v) is 12.7. The van der Waals surface area contributed by atoms with Crippen molar-refractivity contribution in [3.8, 4) is 17.2 Å². The molecule has 4 N–H and O–H groups in total. The van der Waals surface area contributed by atoms with Gasteiger partial charge in [-0.25, -0.2) is 4.98 Å². The van der Waals surface area contributed by atoms with Gasteiger partial charge in [0.05, 0.1) is 41.9 Å². The zero-order chi connectivity index (χ0) is 26.3. The number of amides is 2. The molecule has 1 saturated heterocycles. The molecule has 3 aliphatic rings. The van der Waals surface area contributed by atoms with Crippen LogP contribution in [0.25, 0.3) is 11.1 Å². The number of hydrogen-bond donors (Lipinski definition) is 3. The van der Waals surface area contributed by atoms with Gasteiger partial charge in [0.2, 0.25) is 5.91 Å². The third-order valence-electron chi connectivity index (χ3n) is 7.33. The fraction of sp³-hybridized carbons (Fsp3) is 0.370. The average molecular weight is 514 g/mol. The normalized spacial score (nSPS) is 19.8. The van der Waals surface area contributed by atoms with Crippen LogP contribution in [0, 0.1) is 17.2 Å². The molecule has 2 aliphatic carbocycles. The van der Waals surface area contributed by atoms with Crippen LogP contribution in [0.2, 0.25) is 0 Å². The zero-order valence-electron chi connectivity index (χ0n) is 20.6. The highest BCUT2D eigenvalue weighted by atomic mass is 16.7. The molecule has 0 bridgehead atoms. The minimum atomic E-state index is -0.683. The van der Waals surface area contributed by atoms with Crippen molar-refractivity contribution in [2.75, 3.05) is 23.8 Å². The third-order valence-corrected chi connectivity index (χ3v) is 7.33. The maximum absolute atomic E-state index is 12.2. The molecule has 1 aliphatic heterocycles. The van der Waals surface area contributed by atoms with Crippen LogP contribution in [0.1, 0.15) is 54.1 Å². The van der Waals surface area contributed by atoms with Crippen molar-refractivity contribution < 1.29 is 19.1 Å². The van der Waals surface area contributed by atoms with Gasteiger partial charge in [0, 0.05) is 41.9 Å². The molecule has 3 heterocycles. The maximum atomic E-state index is 12.2. The largest absolute Gasteiger partial charge is 0.365 e. The smallest absolute Gasteiger partial charge is 0.252 e. The summed E-state index contributed by atoms with van der Waals surface area (Å²) in [6, 6.07) is 9.20. The van der Waals surface area contributed by atoms with Crippen LogP contribution in [0.3, 0.4) is 0 Å². The Morgan fingerprint density at radius 2 is 1.97 bits per heavy atom. The van der Waals surface area contributed by atoms with Gasteiger partial charge in [0.1, 0.15) is 17.9 Å². The Bertz CT molecular complexity index is 1440. The number of primary amides is 1. The molecule has 1 spiro atoms. The quantitative estimate of drug-likeness (QED) is 0.433. The summed E-state index contributed by atoms with van der Waals surface area (Å²) >= 11 is 0. The van der Waals surface area contributed by atoms with Gasteiger partial charge >= 0.3 is 0 Å². The van der Waals surface area contributed by atoms with Crippen molar-refractivity contribution in [1.82, 2.24) is 14.8 Å². The third kappa shape index (κ3) is 4.38. The van der Waals surface area contributed by atoms with Gasteiger partial charge in [-0.2, -0.15) is 10.4 Å². The molecule has 2 amide bonds. The topological polar surface area (TPSA) is 157 Å². The second kappa shape index (κ2) is 9.55. The van der Waals surface area contributed by atoms with Crippen molar-refractivity contribution >= 4 is 29.0 Å². The predicted molar refractivity (Wildman–Crippen MR) is 137 cm³/mol. The van der Waals surface area contributed by atoms with Gasteiger partial charge in [-0.1, -0.05) is 12.1 Å². The number of nitrogens with zero attached hydrogens (tertiary/aromatic N) is 4. The van der Waals surface area contributed by atoms with Crippen LogP contribution < -0.4 is 16.4 Å². The fourth-order valence-corrected chi connectivity index (χ4v) is 5.28. The Hall–Kier alpha value is -4.27. The lowest BCUT2D eigenvalue weighted by Gasteiger charge is -2.29. The number of hydrogen-bond acceptors (Lipinski definition) is 8. The summed E-state index contributed by atoms with van der Waals surface area (Å²) in [6.45, 7) is 1.15. The predicted octanol–water partition coefficient (Wildman–Crippen LogP) is 3.48. The van der Waals surface area contributed by atoms with Crippen LogP contribution in [-0.2, 0) is 14.3 Å². The molecule has 1 atom stereocenters. The first kappa shape index (κ1) is 24.1. The summed E-state index contributed by atoms with van der Waals surface area (Å²) in [7, 11) is 0. The van der Waals surface area contributed by atoms with E-state index in [0.29, 0.717) is 41.5 Å². The number of nitrogens with two attached hydrogens (primary N) is 1. The molecule has 38 heavy (non-hydrogen) atoms. The highest BCUT2D eigenvalue weighted by Crippen LogP contribution is 2.45. The summed E-state index contributed by atoms with van der Waals surface area (Å²) in [5.74, 6) is -1.13. The van der Waals surface area contributed by atoms with Crippen LogP contribution in [0.5, 0.6) is 0 Å². The second-order valence-corrected chi connectivity index (χ2v) is 9.83.